The van der Waals surface area contributed by atoms with Crippen LogP contribution in [0.3, 0.4) is 0 Å². The van der Waals surface area contributed by atoms with Crippen LogP contribution in [-0.2, 0) is 4.74 Å². The number of ether oxygens (including phenoxy) is 1. The van der Waals surface area contributed by atoms with Gasteiger partial charge in [0.2, 0.25) is 0 Å². The van der Waals surface area contributed by atoms with E-state index in [0.29, 0.717) is 5.69 Å². The highest BCUT2D eigenvalue weighted by Gasteiger charge is 2.16. The van der Waals surface area contributed by atoms with Crippen LogP contribution >= 0.6 is 0 Å². The van der Waals surface area contributed by atoms with Gasteiger partial charge in [0.15, 0.2) is 0 Å². The number of anilines is 1. The van der Waals surface area contributed by atoms with E-state index in [9.17, 15) is 18.8 Å². The van der Waals surface area contributed by atoms with E-state index in [4.69, 9.17) is 4.74 Å². The molecule has 0 aliphatic heterocycles. The number of amides is 1. The lowest BCUT2D eigenvalue weighted by Crippen LogP contribution is -2.33. The number of benzene rings is 2. The second-order valence-corrected chi connectivity index (χ2v) is 6.93. The molecule has 2 aromatic carbocycles. The van der Waals surface area contributed by atoms with Gasteiger partial charge >= 0.3 is 11.8 Å². The number of H-pyrrole nitrogens is 1. The van der Waals surface area contributed by atoms with E-state index in [-0.39, 0.29) is 16.6 Å². The summed E-state index contributed by atoms with van der Waals surface area (Å²) in [5, 5.41) is 2.62. The SMILES string of the molecule is CC(C)(C)OC(=O)Nc1ccc(-n2c(=O)[nH]c3ccc(F)cc3c2=O)cc1. The molecule has 0 aliphatic rings. The molecule has 8 heteroatoms. The fourth-order valence-electron chi connectivity index (χ4n) is 2.54. The average Bonchev–Trinajstić information content (AvgIpc) is 2.55. The molecule has 0 aliphatic carbocycles. The van der Waals surface area contributed by atoms with Gasteiger partial charge in [0, 0.05) is 5.69 Å². The highest BCUT2D eigenvalue weighted by atomic mass is 19.1. The number of hydrogen-bond donors (Lipinski definition) is 2. The smallest absolute Gasteiger partial charge is 0.412 e. The molecule has 1 aromatic heterocycles. The summed E-state index contributed by atoms with van der Waals surface area (Å²) >= 11 is 0. The van der Waals surface area contributed by atoms with Crippen molar-refractivity contribution >= 4 is 22.7 Å². The van der Waals surface area contributed by atoms with Crippen molar-refractivity contribution in [2.75, 3.05) is 5.32 Å². The number of nitrogens with zero attached hydrogens (tertiary/aromatic N) is 1. The van der Waals surface area contributed by atoms with Crippen LogP contribution in [0.4, 0.5) is 14.9 Å². The number of fused-ring (bicyclic) bond motifs is 1. The van der Waals surface area contributed by atoms with Crippen LogP contribution in [0.25, 0.3) is 16.6 Å². The topological polar surface area (TPSA) is 93.2 Å². The highest BCUT2D eigenvalue weighted by molar-refractivity contribution is 5.85. The minimum atomic E-state index is -0.646. The Morgan fingerprint density at radius 2 is 1.78 bits per heavy atom. The molecule has 3 aromatic rings. The predicted molar refractivity (Wildman–Crippen MR) is 100.0 cm³/mol. The van der Waals surface area contributed by atoms with Gasteiger partial charge in [-0.05, 0) is 63.2 Å². The third-order valence-corrected chi connectivity index (χ3v) is 3.63. The molecule has 0 bridgehead atoms. The van der Waals surface area contributed by atoms with Crippen molar-refractivity contribution in [1.29, 1.82) is 0 Å². The summed E-state index contributed by atoms with van der Waals surface area (Å²) in [6, 6.07) is 9.62. The summed E-state index contributed by atoms with van der Waals surface area (Å²) in [5.74, 6) is -0.574. The van der Waals surface area contributed by atoms with E-state index in [1.54, 1.807) is 20.8 Å². The molecule has 0 fully saturated rings. The lowest BCUT2D eigenvalue weighted by molar-refractivity contribution is 0.0636. The predicted octanol–water partition coefficient (Wildman–Crippen LogP) is 3.17. The maximum absolute atomic E-state index is 13.5. The van der Waals surface area contributed by atoms with Crippen LogP contribution in [0, 0.1) is 5.82 Å². The zero-order valence-electron chi connectivity index (χ0n) is 15.0. The third kappa shape index (κ3) is 4.05. The molecular weight excluding hydrogens is 353 g/mol. The number of hydrogen-bond acceptors (Lipinski definition) is 4. The Balaban J connectivity index is 1.95. The molecular formula is C19H18FN3O4. The molecule has 7 nitrogen and oxygen atoms in total. The van der Waals surface area contributed by atoms with Crippen LogP contribution in [-0.4, -0.2) is 21.2 Å². The summed E-state index contributed by atoms with van der Waals surface area (Å²) < 4.78 is 19.5. The minimum absolute atomic E-state index is 0.0607. The van der Waals surface area contributed by atoms with Gasteiger partial charge in [-0.25, -0.2) is 18.5 Å². The number of aromatic nitrogens is 2. The zero-order valence-corrected chi connectivity index (χ0v) is 15.0. The van der Waals surface area contributed by atoms with Gasteiger partial charge in [-0.3, -0.25) is 10.1 Å². The number of nitrogens with one attached hydrogen (secondary N) is 2. The first-order chi connectivity index (χ1) is 12.6. The Labute approximate surface area is 153 Å². The summed E-state index contributed by atoms with van der Waals surface area (Å²) in [5.41, 5.74) is -0.948. The van der Waals surface area contributed by atoms with E-state index in [1.165, 1.54) is 36.4 Å². The van der Waals surface area contributed by atoms with Crippen molar-refractivity contribution in [2.45, 2.75) is 26.4 Å². The Kier molecular flexibility index (Phi) is 4.57. The van der Waals surface area contributed by atoms with Crippen LogP contribution < -0.4 is 16.6 Å². The van der Waals surface area contributed by atoms with Crippen molar-refractivity contribution in [3.05, 3.63) is 69.1 Å². The molecule has 0 saturated carbocycles. The summed E-state index contributed by atoms with van der Waals surface area (Å²) in [6.07, 6.45) is -0.619. The second kappa shape index (κ2) is 6.71. The number of aromatic amines is 1. The largest absolute Gasteiger partial charge is 0.444 e. The molecule has 0 radical (unpaired) electrons. The first-order valence-electron chi connectivity index (χ1n) is 8.19. The van der Waals surface area contributed by atoms with Crippen LogP contribution in [0.5, 0.6) is 0 Å². The highest BCUT2D eigenvalue weighted by Crippen LogP contribution is 2.15. The summed E-state index contributed by atoms with van der Waals surface area (Å²) in [4.78, 5) is 39.2. The van der Waals surface area contributed by atoms with Gasteiger partial charge in [-0.2, -0.15) is 0 Å². The lowest BCUT2D eigenvalue weighted by Gasteiger charge is -2.19. The van der Waals surface area contributed by atoms with Crippen molar-refractivity contribution in [2.24, 2.45) is 0 Å². The van der Waals surface area contributed by atoms with E-state index in [0.717, 1.165) is 10.6 Å². The van der Waals surface area contributed by atoms with Gasteiger partial charge in [-0.1, -0.05) is 0 Å². The van der Waals surface area contributed by atoms with Crippen molar-refractivity contribution < 1.29 is 13.9 Å². The third-order valence-electron chi connectivity index (χ3n) is 3.63. The van der Waals surface area contributed by atoms with E-state index in [1.807, 2.05) is 0 Å². The maximum atomic E-state index is 13.5. The lowest BCUT2D eigenvalue weighted by atomic mass is 10.2. The van der Waals surface area contributed by atoms with E-state index in [2.05, 4.69) is 10.3 Å². The molecule has 0 atom stereocenters. The molecule has 2 N–H and O–H groups in total. The monoisotopic (exact) mass is 371 g/mol. The second-order valence-electron chi connectivity index (χ2n) is 6.93. The average molecular weight is 371 g/mol. The number of rotatable bonds is 2. The molecule has 0 saturated heterocycles. The molecule has 1 amide bonds. The van der Waals surface area contributed by atoms with Crippen LogP contribution in [0.2, 0.25) is 0 Å². The fourth-order valence-corrected chi connectivity index (χ4v) is 2.54. The number of halogens is 1. The van der Waals surface area contributed by atoms with Crippen molar-refractivity contribution in [3.63, 3.8) is 0 Å². The first kappa shape index (κ1) is 18.4. The van der Waals surface area contributed by atoms with Crippen LogP contribution in [0.1, 0.15) is 20.8 Å². The fraction of sp³-hybridized carbons (Fsp3) is 0.211. The first-order valence-corrected chi connectivity index (χ1v) is 8.19. The van der Waals surface area contributed by atoms with E-state index < -0.39 is 28.8 Å². The Bertz CT molecular complexity index is 1120. The maximum Gasteiger partial charge on any atom is 0.412 e. The summed E-state index contributed by atoms with van der Waals surface area (Å²) in [6.45, 7) is 5.24. The van der Waals surface area contributed by atoms with E-state index >= 15 is 0 Å². The van der Waals surface area contributed by atoms with Crippen molar-refractivity contribution in [3.8, 4) is 5.69 Å². The molecule has 0 spiro atoms. The molecule has 27 heavy (non-hydrogen) atoms. The molecule has 140 valence electrons. The number of carbonyl (C=O) groups excluding carboxylic acids is 1. The Morgan fingerprint density at radius 1 is 1.11 bits per heavy atom. The quantitative estimate of drug-likeness (QED) is 0.724. The normalized spacial score (nSPS) is 11.4. The van der Waals surface area contributed by atoms with Gasteiger partial charge in [0.25, 0.3) is 5.56 Å². The van der Waals surface area contributed by atoms with Gasteiger partial charge in [0.1, 0.15) is 11.4 Å². The zero-order chi connectivity index (χ0) is 19.8. The molecule has 0 unspecified atom stereocenters. The number of carbonyl (C=O) groups is 1. The van der Waals surface area contributed by atoms with Gasteiger partial charge < -0.3 is 9.72 Å². The van der Waals surface area contributed by atoms with Crippen molar-refractivity contribution in [1.82, 2.24) is 9.55 Å². The Morgan fingerprint density at radius 3 is 2.41 bits per heavy atom. The summed E-state index contributed by atoms with van der Waals surface area (Å²) in [7, 11) is 0. The molecule has 1 heterocycles. The standard InChI is InChI=1S/C19H18FN3O4/c1-19(2,3)27-18(26)21-12-5-7-13(8-6-12)23-16(24)14-10-11(20)4-9-15(14)22-17(23)25/h4-10H,1-3H3,(H,21,26)(H,22,25). The Hall–Kier alpha value is -3.42. The van der Waals surface area contributed by atoms with Gasteiger partial charge in [-0.15, -0.1) is 0 Å². The minimum Gasteiger partial charge on any atom is -0.444 e. The molecule has 3 rings (SSSR count). The van der Waals surface area contributed by atoms with Crippen LogP contribution in [0.15, 0.2) is 52.1 Å². The van der Waals surface area contributed by atoms with Gasteiger partial charge in [0.05, 0.1) is 16.6 Å².